The molecule has 1 aromatic rings. The van der Waals surface area contributed by atoms with Crippen molar-refractivity contribution in [3.05, 3.63) is 45.5 Å². The van der Waals surface area contributed by atoms with Gasteiger partial charge in [-0.15, -0.1) is 6.42 Å². The molecule has 1 atom stereocenters. The third-order valence-electron chi connectivity index (χ3n) is 2.06. The molecule has 16 heavy (non-hydrogen) atoms. The first-order valence-electron chi connectivity index (χ1n) is 4.61. The van der Waals surface area contributed by atoms with E-state index in [-0.39, 0.29) is 5.69 Å². The quantitative estimate of drug-likeness (QED) is 0.478. The van der Waals surface area contributed by atoms with Gasteiger partial charge in [-0.1, -0.05) is 24.1 Å². The van der Waals surface area contributed by atoms with Crippen LogP contribution >= 0.6 is 0 Å². The maximum atomic E-state index is 10.5. The van der Waals surface area contributed by atoms with Gasteiger partial charge >= 0.3 is 0 Å². The average molecular weight is 217 g/mol. The fraction of sp³-hybridized carbons (Fsp3) is 0.167. The van der Waals surface area contributed by atoms with Crippen molar-refractivity contribution in [1.29, 1.82) is 0 Å². The predicted octanol–water partition coefficient (Wildman–Crippen LogP) is 1.99. The van der Waals surface area contributed by atoms with E-state index in [1.54, 1.807) is 25.1 Å². The van der Waals surface area contributed by atoms with Gasteiger partial charge in [0.05, 0.1) is 4.92 Å². The molecule has 82 valence electrons. The topological polar surface area (TPSA) is 63.4 Å². The summed E-state index contributed by atoms with van der Waals surface area (Å²) in [5, 5.41) is 19.9. The van der Waals surface area contributed by atoms with Gasteiger partial charge < -0.3 is 5.11 Å². The van der Waals surface area contributed by atoms with Gasteiger partial charge in [-0.25, -0.2) is 0 Å². The lowest BCUT2D eigenvalue weighted by molar-refractivity contribution is -0.384. The van der Waals surface area contributed by atoms with Crippen LogP contribution < -0.4 is 0 Å². The molecule has 0 aromatic heterocycles. The smallest absolute Gasteiger partial charge is 0.270 e. The number of aliphatic hydroxyl groups excluding tert-OH is 1. The van der Waals surface area contributed by atoms with E-state index in [2.05, 4.69) is 5.92 Å². The molecular weight excluding hydrogens is 206 g/mol. The van der Waals surface area contributed by atoms with Gasteiger partial charge in [0.2, 0.25) is 0 Å². The molecule has 1 unspecified atom stereocenters. The molecule has 0 saturated heterocycles. The second-order valence-corrected chi connectivity index (χ2v) is 3.31. The lowest BCUT2D eigenvalue weighted by Gasteiger charge is -2.03. The molecule has 4 heteroatoms. The zero-order valence-corrected chi connectivity index (χ0v) is 8.75. The summed E-state index contributed by atoms with van der Waals surface area (Å²) in [6, 6.07) is 6.12. The lowest BCUT2D eigenvalue weighted by Crippen LogP contribution is -2.03. The van der Waals surface area contributed by atoms with Crippen LogP contribution in [0.1, 0.15) is 12.5 Å². The number of hydrogen-bond donors (Lipinski definition) is 1. The lowest BCUT2D eigenvalue weighted by atomic mass is 10.1. The molecule has 4 nitrogen and oxygen atoms in total. The van der Waals surface area contributed by atoms with Gasteiger partial charge in [-0.05, 0) is 18.1 Å². The summed E-state index contributed by atoms with van der Waals surface area (Å²) in [7, 11) is 0. The summed E-state index contributed by atoms with van der Waals surface area (Å²) in [5.41, 5.74) is 1.22. The fourth-order valence-electron chi connectivity index (χ4n) is 1.20. The molecule has 1 N–H and O–H groups in total. The Morgan fingerprint density at radius 2 is 2.38 bits per heavy atom. The zero-order chi connectivity index (χ0) is 12.1. The molecule has 0 bridgehead atoms. The standard InChI is InChI=1S/C12H11NO3/c1-3-12(14)9(2)7-10-5-4-6-11(8-10)13(15)16/h1,4-8,12,14H,2H3. The number of hydrogen-bond acceptors (Lipinski definition) is 3. The van der Waals surface area contributed by atoms with Crippen molar-refractivity contribution >= 4 is 11.8 Å². The van der Waals surface area contributed by atoms with E-state index in [0.717, 1.165) is 0 Å². The Hall–Kier alpha value is -2.12. The molecule has 1 aromatic carbocycles. The van der Waals surface area contributed by atoms with Crippen molar-refractivity contribution in [3.63, 3.8) is 0 Å². The van der Waals surface area contributed by atoms with Crippen LogP contribution in [0.25, 0.3) is 6.08 Å². The van der Waals surface area contributed by atoms with Gasteiger partial charge in [0.1, 0.15) is 6.10 Å². The summed E-state index contributed by atoms with van der Waals surface area (Å²) in [5.74, 6) is 2.18. The van der Waals surface area contributed by atoms with Crippen molar-refractivity contribution in [1.82, 2.24) is 0 Å². The molecule has 0 spiro atoms. The van der Waals surface area contributed by atoms with E-state index in [9.17, 15) is 15.2 Å². The zero-order valence-electron chi connectivity index (χ0n) is 8.75. The van der Waals surface area contributed by atoms with E-state index in [1.165, 1.54) is 12.1 Å². The Labute approximate surface area is 93.4 Å². The first-order valence-corrected chi connectivity index (χ1v) is 4.61. The average Bonchev–Trinajstić information content (AvgIpc) is 2.28. The monoisotopic (exact) mass is 217 g/mol. The Kier molecular flexibility index (Phi) is 3.81. The number of nitro groups is 1. The van der Waals surface area contributed by atoms with Crippen LogP contribution in [-0.4, -0.2) is 16.1 Å². The second kappa shape index (κ2) is 5.10. The SMILES string of the molecule is C#CC(O)C(C)=Cc1cccc([N+](=O)[O-])c1. The third kappa shape index (κ3) is 2.94. The Balaban J connectivity index is 3.03. The number of non-ortho nitro benzene ring substituents is 1. The maximum Gasteiger partial charge on any atom is 0.270 e. The molecule has 0 saturated carbocycles. The molecular formula is C12H11NO3. The van der Waals surface area contributed by atoms with Crippen molar-refractivity contribution < 1.29 is 10.0 Å². The minimum atomic E-state index is -0.959. The summed E-state index contributed by atoms with van der Waals surface area (Å²) >= 11 is 0. The van der Waals surface area contributed by atoms with Crippen molar-refractivity contribution in [2.45, 2.75) is 13.0 Å². The molecule has 0 heterocycles. The van der Waals surface area contributed by atoms with Crippen molar-refractivity contribution in [2.24, 2.45) is 0 Å². The number of nitro benzene ring substituents is 1. The first-order chi connectivity index (χ1) is 7.54. The largest absolute Gasteiger partial charge is 0.376 e. The van der Waals surface area contributed by atoms with E-state index in [1.807, 2.05) is 0 Å². The molecule has 0 radical (unpaired) electrons. The van der Waals surface area contributed by atoms with Crippen molar-refractivity contribution in [2.75, 3.05) is 0 Å². The summed E-state index contributed by atoms with van der Waals surface area (Å²) in [6.07, 6.45) is 5.72. The fourth-order valence-corrected chi connectivity index (χ4v) is 1.20. The van der Waals surface area contributed by atoms with E-state index in [0.29, 0.717) is 11.1 Å². The molecule has 0 aliphatic heterocycles. The van der Waals surface area contributed by atoms with Gasteiger partial charge in [0, 0.05) is 12.1 Å². The van der Waals surface area contributed by atoms with E-state index in [4.69, 9.17) is 6.42 Å². The van der Waals surface area contributed by atoms with Crippen LogP contribution in [0.2, 0.25) is 0 Å². The summed E-state index contributed by atoms with van der Waals surface area (Å²) in [4.78, 5) is 10.1. The highest BCUT2D eigenvalue weighted by molar-refractivity contribution is 5.57. The Morgan fingerprint density at radius 1 is 1.69 bits per heavy atom. The van der Waals surface area contributed by atoms with Gasteiger partial charge in [0.25, 0.3) is 5.69 Å². The number of terminal acetylenes is 1. The Bertz CT molecular complexity index is 471. The third-order valence-corrected chi connectivity index (χ3v) is 2.06. The first kappa shape index (κ1) is 12.0. The van der Waals surface area contributed by atoms with Crippen LogP contribution in [0.5, 0.6) is 0 Å². The molecule has 0 amide bonds. The highest BCUT2D eigenvalue weighted by Crippen LogP contribution is 2.16. The van der Waals surface area contributed by atoms with Gasteiger partial charge in [-0.3, -0.25) is 10.1 Å². The van der Waals surface area contributed by atoms with Crippen LogP contribution in [0.3, 0.4) is 0 Å². The number of aliphatic hydroxyl groups is 1. The minimum absolute atomic E-state index is 0.0109. The number of nitrogens with zero attached hydrogens (tertiary/aromatic N) is 1. The highest BCUT2D eigenvalue weighted by Gasteiger charge is 2.06. The predicted molar refractivity (Wildman–Crippen MR) is 61.6 cm³/mol. The van der Waals surface area contributed by atoms with Crippen LogP contribution in [0.4, 0.5) is 5.69 Å². The minimum Gasteiger partial charge on any atom is -0.376 e. The van der Waals surface area contributed by atoms with Gasteiger partial charge in [0.15, 0.2) is 0 Å². The normalized spacial score (nSPS) is 12.9. The summed E-state index contributed by atoms with van der Waals surface area (Å²) < 4.78 is 0. The van der Waals surface area contributed by atoms with Crippen LogP contribution in [-0.2, 0) is 0 Å². The number of benzene rings is 1. The number of rotatable bonds is 3. The maximum absolute atomic E-state index is 10.5. The second-order valence-electron chi connectivity index (χ2n) is 3.31. The van der Waals surface area contributed by atoms with Gasteiger partial charge in [-0.2, -0.15) is 0 Å². The Morgan fingerprint density at radius 3 is 2.94 bits per heavy atom. The van der Waals surface area contributed by atoms with Crippen LogP contribution in [0.15, 0.2) is 29.8 Å². The highest BCUT2D eigenvalue weighted by atomic mass is 16.6. The summed E-state index contributed by atoms with van der Waals surface area (Å²) in [6.45, 7) is 1.67. The van der Waals surface area contributed by atoms with E-state index >= 15 is 0 Å². The van der Waals surface area contributed by atoms with E-state index < -0.39 is 11.0 Å². The molecule has 0 aliphatic rings. The molecule has 0 fully saturated rings. The molecule has 0 aliphatic carbocycles. The van der Waals surface area contributed by atoms with Crippen molar-refractivity contribution in [3.8, 4) is 12.3 Å². The van der Waals surface area contributed by atoms with Crippen LogP contribution in [0, 0.1) is 22.5 Å². The molecule has 1 rings (SSSR count).